The van der Waals surface area contributed by atoms with E-state index in [2.05, 4.69) is 80.4 Å². The molecule has 0 saturated heterocycles. The van der Waals surface area contributed by atoms with E-state index in [1.165, 1.54) is 11.1 Å². The minimum atomic E-state index is 0.107. The summed E-state index contributed by atoms with van der Waals surface area (Å²) in [6.45, 7) is 11.9. The van der Waals surface area contributed by atoms with Crippen LogP contribution in [0.3, 0.4) is 0 Å². The Hall–Kier alpha value is -3.51. The molecule has 0 aliphatic carbocycles. The number of aromatic hydroxyl groups is 2. The standard InChI is InChI=1S/C38H47ClN2O3/c1-27(2)41(28(3)4)23-20-34(31-9-6-5-7-10-31)35-25-30(15-18-36(35)42)21-24-44-33-16-13-29(14-17-33)19-22-40-26-32-11-8-12-37(43)38(32)39/h5-18,25,27-28,34,40,42-43H,19-24,26H2,1-4H3. The summed E-state index contributed by atoms with van der Waals surface area (Å²) >= 11 is 6.17. The van der Waals surface area contributed by atoms with Crippen LogP contribution in [0.4, 0.5) is 0 Å². The van der Waals surface area contributed by atoms with Crippen molar-refractivity contribution in [3.8, 4) is 17.2 Å². The Morgan fingerprint density at radius 3 is 2.18 bits per heavy atom. The van der Waals surface area contributed by atoms with Crippen LogP contribution in [-0.4, -0.2) is 46.9 Å². The zero-order valence-electron chi connectivity index (χ0n) is 26.5. The SMILES string of the molecule is CC(C)N(CCC(c1ccccc1)c1cc(CCOc2ccc(CCNCc3cccc(O)c3Cl)cc2)ccc1O)C(C)C. The van der Waals surface area contributed by atoms with E-state index in [1.54, 1.807) is 12.1 Å². The second kappa shape index (κ2) is 16.5. The number of phenolic OH excluding ortho intramolecular Hbond substituents is 2. The van der Waals surface area contributed by atoms with Crippen molar-refractivity contribution in [3.05, 3.63) is 124 Å². The largest absolute Gasteiger partial charge is 0.508 e. The number of phenols is 2. The highest BCUT2D eigenvalue weighted by Gasteiger charge is 2.21. The van der Waals surface area contributed by atoms with Crippen LogP contribution in [0.5, 0.6) is 17.2 Å². The fourth-order valence-corrected chi connectivity index (χ4v) is 6.01. The first kappa shape index (κ1) is 33.4. The third-order valence-corrected chi connectivity index (χ3v) is 8.66. The molecule has 4 aromatic rings. The van der Waals surface area contributed by atoms with E-state index in [0.717, 1.165) is 54.8 Å². The lowest BCUT2D eigenvalue weighted by atomic mass is 9.86. The molecular formula is C38H47ClN2O3. The second-order valence-electron chi connectivity index (χ2n) is 12.0. The van der Waals surface area contributed by atoms with Crippen LogP contribution < -0.4 is 10.1 Å². The fraction of sp³-hybridized carbons (Fsp3) is 0.368. The van der Waals surface area contributed by atoms with Gasteiger partial charge in [-0.1, -0.05) is 78.3 Å². The Labute approximate surface area is 268 Å². The lowest BCUT2D eigenvalue weighted by Crippen LogP contribution is -2.38. The van der Waals surface area contributed by atoms with Crippen LogP contribution in [0.1, 0.15) is 67.9 Å². The molecule has 0 heterocycles. The minimum Gasteiger partial charge on any atom is -0.508 e. The van der Waals surface area contributed by atoms with Gasteiger partial charge in [0.2, 0.25) is 0 Å². The first-order valence-corrected chi connectivity index (χ1v) is 16.1. The van der Waals surface area contributed by atoms with Gasteiger partial charge in [0.05, 0.1) is 11.6 Å². The molecule has 4 rings (SSSR count). The molecule has 0 aliphatic rings. The first-order valence-electron chi connectivity index (χ1n) is 15.7. The molecule has 0 fully saturated rings. The molecule has 1 unspecified atom stereocenters. The van der Waals surface area contributed by atoms with Gasteiger partial charge in [0.1, 0.15) is 17.2 Å². The fourth-order valence-electron chi connectivity index (χ4n) is 5.81. The summed E-state index contributed by atoms with van der Waals surface area (Å²) in [7, 11) is 0. The van der Waals surface area contributed by atoms with E-state index in [-0.39, 0.29) is 11.7 Å². The topological polar surface area (TPSA) is 65.0 Å². The molecule has 0 saturated carbocycles. The Morgan fingerprint density at radius 2 is 1.48 bits per heavy atom. The molecule has 6 heteroatoms. The molecule has 4 aromatic carbocycles. The average molecular weight is 615 g/mol. The Morgan fingerprint density at radius 1 is 0.773 bits per heavy atom. The lowest BCUT2D eigenvalue weighted by Gasteiger charge is -2.32. The molecule has 0 bridgehead atoms. The van der Waals surface area contributed by atoms with Crippen molar-refractivity contribution in [1.29, 1.82) is 0 Å². The summed E-state index contributed by atoms with van der Waals surface area (Å²) in [4.78, 5) is 2.51. The van der Waals surface area contributed by atoms with Gasteiger partial charge in [-0.3, -0.25) is 4.90 Å². The quantitative estimate of drug-likeness (QED) is 0.111. The van der Waals surface area contributed by atoms with Crippen LogP contribution >= 0.6 is 11.6 Å². The minimum absolute atomic E-state index is 0.107. The van der Waals surface area contributed by atoms with Crippen LogP contribution in [-0.2, 0) is 19.4 Å². The average Bonchev–Trinajstić information content (AvgIpc) is 3.01. The molecule has 234 valence electrons. The van der Waals surface area contributed by atoms with Crippen molar-refractivity contribution >= 4 is 11.6 Å². The van der Waals surface area contributed by atoms with Gasteiger partial charge in [0.15, 0.2) is 0 Å². The number of nitrogens with one attached hydrogen (secondary N) is 1. The lowest BCUT2D eigenvalue weighted by molar-refractivity contribution is 0.170. The summed E-state index contributed by atoms with van der Waals surface area (Å²) in [5.41, 5.74) is 5.46. The van der Waals surface area contributed by atoms with Gasteiger partial charge in [0.25, 0.3) is 0 Å². The van der Waals surface area contributed by atoms with Gasteiger partial charge >= 0.3 is 0 Å². The Bertz CT molecular complexity index is 1430. The summed E-state index contributed by atoms with van der Waals surface area (Å²) in [5, 5.41) is 24.5. The maximum absolute atomic E-state index is 11.0. The highest BCUT2D eigenvalue weighted by atomic mass is 35.5. The van der Waals surface area contributed by atoms with Gasteiger partial charge in [-0.25, -0.2) is 0 Å². The zero-order chi connectivity index (χ0) is 31.5. The Balaban J connectivity index is 1.32. The first-order chi connectivity index (χ1) is 21.2. The molecule has 3 N–H and O–H groups in total. The number of benzene rings is 4. The van der Waals surface area contributed by atoms with Crippen LogP contribution in [0.25, 0.3) is 0 Å². The van der Waals surface area contributed by atoms with Gasteiger partial charge in [-0.15, -0.1) is 0 Å². The number of halogens is 1. The van der Waals surface area contributed by atoms with E-state index in [4.69, 9.17) is 16.3 Å². The Kier molecular flexibility index (Phi) is 12.5. The van der Waals surface area contributed by atoms with Crippen LogP contribution in [0.2, 0.25) is 5.02 Å². The molecule has 1 atom stereocenters. The molecule has 5 nitrogen and oxygen atoms in total. The normalized spacial score (nSPS) is 12.3. The number of ether oxygens (including phenoxy) is 1. The van der Waals surface area contributed by atoms with E-state index in [1.807, 2.05) is 36.4 Å². The van der Waals surface area contributed by atoms with Crippen molar-refractivity contribution in [1.82, 2.24) is 10.2 Å². The van der Waals surface area contributed by atoms with Gasteiger partial charge in [-0.2, -0.15) is 0 Å². The summed E-state index contributed by atoms with van der Waals surface area (Å²) in [6, 6.07) is 31.0. The number of hydrogen-bond acceptors (Lipinski definition) is 5. The molecular weight excluding hydrogens is 568 g/mol. The van der Waals surface area contributed by atoms with Crippen molar-refractivity contribution < 1.29 is 14.9 Å². The van der Waals surface area contributed by atoms with Gasteiger partial charge < -0.3 is 20.3 Å². The highest BCUT2D eigenvalue weighted by Crippen LogP contribution is 2.35. The second-order valence-corrected chi connectivity index (χ2v) is 12.4. The number of hydrogen-bond donors (Lipinski definition) is 3. The van der Waals surface area contributed by atoms with Crippen LogP contribution in [0.15, 0.2) is 91.0 Å². The van der Waals surface area contributed by atoms with E-state index >= 15 is 0 Å². The van der Waals surface area contributed by atoms with Crippen molar-refractivity contribution in [2.75, 3.05) is 19.7 Å². The predicted octanol–water partition coefficient (Wildman–Crippen LogP) is 8.35. The summed E-state index contributed by atoms with van der Waals surface area (Å²) in [5.74, 6) is 1.41. The molecule has 0 radical (unpaired) electrons. The van der Waals surface area contributed by atoms with E-state index < -0.39 is 0 Å². The van der Waals surface area contributed by atoms with E-state index in [9.17, 15) is 10.2 Å². The maximum atomic E-state index is 11.0. The number of rotatable bonds is 16. The summed E-state index contributed by atoms with van der Waals surface area (Å²) in [6.07, 6.45) is 2.56. The predicted molar refractivity (Wildman–Crippen MR) is 182 cm³/mol. The van der Waals surface area contributed by atoms with Crippen LogP contribution in [0, 0.1) is 0 Å². The van der Waals surface area contributed by atoms with Gasteiger partial charge in [-0.05, 0) is 100 Å². The molecule has 0 aliphatic heterocycles. The molecule has 0 amide bonds. The van der Waals surface area contributed by atoms with Crippen molar-refractivity contribution in [3.63, 3.8) is 0 Å². The highest BCUT2D eigenvalue weighted by molar-refractivity contribution is 6.32. The monoisotopic (exact) mass is 614 g/mol. The van der Waals surface area contributed by atoms with Crippen molar-refractivity contribution in [2.45, 2.75) is 71.5 Å². The molecule has 44 heavy (non-hydrogen) atoms. The maximum Gasteiger partial charge on any atom is 0.134 e. The van der Waals surface area contributed by atoms with Crippen molar-refractivity contribution in [2.24, 2.45) is 0 Å². The van der Waals surface area contributed by atoms with Gasteiger partial charge in [0, 0.05) is 36.5 Å². The number of nitrogens with zero attached hydrogens (tertiary/aromatic N) is 1. The van der Waals surface area contributed by atoms with E-state index in [0.29, 0.717) is 36.0 Å². The zero-order valence-corrected chi connectivity index (χ0v) is 27.2. The molecule has 0 aromatic heterocycles. The smallest absolute Gasteiger partial charge is 0.134 e. The third kappa shape index (κ3) is 9.49. The summed E-state index contributed by atoms with van der Waals surface area (Å²) < 4.78 is 6.10. The third-order valence-electron chi connectivity index (χ3n) is 8.22. The molecule has 0 spiro atoms.